The highest BCUT2D eigenvalue weighted by Gasteiger charge is 2.32. The summed E-state index contributed by atoms with van der Waals surface area (Å²) in [6, 6.07) is 5.29. The summed E-state index contributed by atoms with van der Waals surface area (Å²) < 4.78 is 45.1. The summed E-state index contributed by atoms with van der Waals surface area (Å²) in [6.07, 6.45) is -3.12. The summed E-state index contributed by atoms with van der Waals surface area (Å²) in [5.41, 5.74) is 6.49. The molecular weight excluding hydrogens is 365 g/mol. The van der Waals surface area contributed by atoms with Crippen molar-refractivity contribution in [1.82, 2.24) is 10.6 Å². The van der Waals surface area contributed by atoms with Crippen molar-refractivity contribution in [3.8, 4) is 5.75 Å². The predicted molar refractivity (Wildman–Crippen MR) is 93.1 cm³/mol. The van der Waals surface area contributed by atoms with E-state index in [1.165, 1.54) is 24.3 Å². The summed E-state index contributed by atoms with van der Waals surface area (Å²) in [5, 5.41) is 5.74. The number of carbonyl (C=O) groups excluding carboxylic acids is 1. The number of nitrogens with two attached hydrogens (primary N) is 1. The van der Waals surface area contributed by atoms with Crippen LogP contribution in [0.25, 0.3) is 0 Å². The quantitative estimate of drug-likeness (QED) is 0.470. The molecule has 1 aliphatic carbocycles. The number of hydrogen-bond donors (Lipinski definition) is 3. The molecule has 2 rings (SSSR count). The number of ether oxygens (including phenoxy) is 2. The molecule has 27 heavy (non-hydrogen) atoms. The Bertz CT molecular complexity index is 646. The summed E-state index contributed by atoms with van der Waals surface area (Å²) >= 11 is 0. The van der Waals surface area contributed by atoms with Crippen molar-refractivity contribution in [3.05, 3.63) is 29.8 Å². The third-order valence-corrected chi connectivity index (χ3v) is 3.86. The highest BCUT2D eigenvalue weighted by molar-refractivity contribution is 5.78. The summed E-state index contributed by atoms with van der Waals surface area (Å²) in [5.74, 6) is 0.274. The summed E-state index contributed by atoms with van der Waals surface area (Å²) in [6.45, 7) is 2.64. The zero-order valence-electron chi connectivity index (χ0n) is 14.9. The van der Waals surface area contributed by atoms with Crippen molar-refractivity contribution in [3.63, 3.8) is 0 Å². The average molecular weight is 388 g/mol. The third kappa shape index (κ3) is 8.06. The van der Waals surface area contributed by atoms with Crippen LogP contribution in [0.15, 0.2) is 29.3 Å². The molecule has 4 N–H and O–H groups in total. The lowest BCUT2D eigenvalue weighted by Gasteiger charge is -2.18. The maximum atomic E-state index is 12.1. The molecule has 0 radical (unpaired) electrons. The van der Waals surface area contributed by atoms with Gasteiger partial charge in [-0.1, -0.05) is 12.1 Å². The molecule has 1 aliphatic rings. The van der Waals surface area contributed by atoms with Crippen molar-refractivity contribution in [1.29, 1.82) is 0 Å². The molecular formula is C17H23F3N4O3. The molecule has 1 unspecified atom stereocenters. The predicted octanol–water partition coefficient (Wildman–Crippen LogP) is 2.51. The Kier molecular flexibility index (Phi) is 7.14. The normalized spacial score (nSPS) is 15.8. The number of carbonyl (C=O) groups is 1. The van der Waals surface area contributed by atoms with Gasteiger partial charge in [-0.3, -0.25) is 0 Å². The van der Waals surface area contributed by atoms with Gasteiger partial charge in [0.15, 0.2) is 5.96 Å². The SMILES string of the molecule is CCOC(=O)NC(CNC(N)=NCc1ccc(OC(F)(F)F)cc1)C1CC1. The van der Waals surface area contributed by atoms with Crippen LogP contribution in [-0.2, 0) is 11.3 Å². The summed E-state index contributed by atoms with van der Waals surface area (Å²) in [4.78, 5) is 15.7. The van der Waals surface area contributed by atoms with Crippen LogP contribution < -0.4 is 21.1 Å². The van der Waals surface area contributed by atoms with Gasteiger partial charge >= 0.3 is 12.5 Å². The van der Waals surface area contributed by atoms with Crippen molar-refractivity contribution >= 4 is 12.1 Å². The number of guanidine groups is 1. The molecule has 1 amide bonds. The zero-order valence-corrected chi connectivity index (χ0v) is 14.9. The second kappa shape index (κ2) is 9.33. The molecule has 1 aromatic rings. The fourth-order valence-corrected chi connectivity index (χ4v) is 2.40. The number of nitrogens with zero attached hydrogens (tertiary/aromatic N) is 1. The van der Waals surface area contributed by atoms with Gasteiger partial charge in [0.1, 0.15) is 5.75 Å². The average Bonchev–Trinajstić information content (AvgIpc) is 3.42. The van der Waals surface area contributed by atoms with Crippen LogP contribution in [0.2, 0.25) is 0 Å². The fourth-order valence-electron chi connectivity index (χ4n) is 2.40. The third-order valence-electron chi connectivity index (χ3n) is 3.86. The number of nitrogens with one attached hydrogen (secondary N) is 2. The molecule has 1 fully saturated rings. The van der Waals surface area contributed by atoms with Gasteiger partial charge in [-0.05, 0) is 43.4 Å². The number of benzene rings is 1. The van der Waals surface area contributed by atoms with E-state index in [-0.39, 0.29) is 24.3 Å². The lowest BCUT2D eigenvalue weighted by molar-refractivity contribution is -0.274. The smallest absolute Gasteiger partial charge is 0.450 e. The van der Waals surface area contributed by atoms with Crippen LogP contribution in [0.3, 0.4) is 0 Å². The Morgan fingerprint density at radius 1 is 1.33 bits per heavy atom. The van der Waals surface area contributed by atoms with Crippen molar-refractivity contribution < 1.29 is 27.4 Å². The minimum atomic E-state index is -4.72. The molecule has 0 aromatic heterocycles. The second-order valence-corrected chi connectivity index (χ2v) is 6.08. The molecule has 150 valence electrons. The molecule has 1 saturated carbocycles. The first-order chi connectivity index (χ1) is 12.8. The topological polar surface area (TPSA) is 98.0 Å². The minimum absolute atomic E-state index is 0.100. The molecule has 7 nitrogen and oxygen atoms in total. The second-order valence-electron chi connectivity index (χ2n) is 6.08. The van der Waals surface area contributed by atoms with Gasteiger partial charge in [0.2, 0.25) is 0 Å². The van der Waals surface area contributed by atoms with Crippen LogP contribution in [0, 0.1) is 5.92 Å². The molecule has 0 saturated heterocycles. The lowest BCUT2D eigenvalue weighted by Crippen LogP contribution is -2.47. The number of alkyl carbamates (subject to hydrolysis) is 1. The van der Waals surface area contributed by atoms with Gasteiger partial charge in [-0.15, -0.1) is 13.2 Å². The van der Waals surface area contributed by atoms with Gasteiger partial charge in [0.25, 0.3) is 0 Å². The van der Waals surface area contributed by atoms with Crippen LogP contribution >= 0.6 is 0 Å². The molecule has 1 aromatic carbocycles. The first-order valence-electron chi connectivity index (χ1n) is 8.58. The summed E-state index contributed by atoms with van der Waals surface area (Å²) in [7, 11) is 0. The van der Waals surface area contributed by atoms with Crippen LogP contribution in [-0.4, -0.2) is 37.6 Å². The van der Waals surface area contributed by atoms with E-state index >= 15 is 0 Å². The Morgan fingerprint density at radius 3 is 2.56 bits per heavy atom. The molecule has 10 heteroatoms. The Labute approximate surface area is 155 Å². The number of rotatable bonds is 8. The molecule has 1 atom stereocenters. The van der Waals surface area contributed by atoms with E-state index in [1.807, 2.05) is 0 Å². The van der Waals surface area contributed by atoms with E-state index < -0.39 is 12.5 Å². The minimum Gasteiger partial charge on any atom is -0.450 e. The Balaban J connectivity index is 1.80. The molecule has 0 bridgehead atoms. The number of alkyl halides is 3. The first kappa shape index (κ1) is 20.7. The molecule has 0 spiro atoms. The van der Waals surface area contributed by atoms with E-state index in [0.29, 0.717) is 24.6 Å². The first-order valence-corrected chi connectivity index (χ1v) is 8.58. The van der Waals surface area contributed by atoms with E-state index in [9.17, 15) is 18.0 Å². The zero-order chi connectivity index (χ0) is 19.9. The van der Waals surface area contributed by atoms with Crippen LogP contribution in [0.4, 0.5) is 18.0 Å². The van der Waals surface area contributed by atoms with Crippen molar-refractivity contribution in [2.24, 2.45) is 16.6 Å². The van der Waals surface area contributed by atoms with Crippen LogP contribution in [0.1, 0.15) is 25.3 Å². The number of halogens is 3. The molecule has 0 heterocycles. The lowest BCUT2D eigenvalue weighted by atomic mass is 10.2. The molecule has 0 aliphatic heterocycles. The van der Waals surface area contributed by atoms with Gasteiger partial charge in [-0.2, -0.15) is 0 Å². The Hall–Kier alpha value is -2.65. The van der Waals surface area contributed by atoms with Crippen LogP contribution in [0.5, 0.6) is 5.75 Å². The standard InChI is InChI=1S/C17H23F3N4O3/c1-2-26-16(25)24-14(12-5-6-12)10-23-15(21)22-9-11-3-7-13(8-4-11)27-17(18,19)20/h3-4,7-8,12,14H,2,5-6,9-10H2,1H3,(H,24,25)(H3,21,22,23). The number of aliphatic imine (C=N–C) groups is 1. The van der Waals surface area contributed by atoms with E-state index in [0.717, 1.165) is 12.8 Å². The van der Waals surface area contributed by atoms with Crippen molar-refractivity contribution in [2.45, 2.75) is 38.7 Å². The highest BCUT2D eigenvalue weighted by Crippen LogP contribution is 2.32. The highest BCUT2D eigenvalue weighted by atomic mass is 19.4. The van der Waals surface area contributed by atoms with E-state index in [2.05, 4.69) is 20.4 Å². The maximum absolute atomic E-state index is 12.1. The van der Waals surface area contributed by atoms with Gasteiger partial charge in [-0.25, -0.2) is 9.79 Å². The van der Waals surface area contributed by atoms with E-state index in [1.54, 1.807) is 6.92 Å². The van der Waals surface area contributed by atoms with Crippen molar-refractivity contribution in [2.75, 3.05) is 13.2 Å². The fraction of sp³-hybridized carbons (Fsp3) is 0.529. The maximum Gasteiger partial charge on any atom is 0.573 e. The number of hydrogen-bond acceptors (Lipinski definition) is 4. The monoisotopic (exact) mass is 388 g/mol. The van der Waals surface area contributed by atoms with E-state index in [4.69, 9.17) is 10.5 Å². The Morgan fingerprint density at radius 2 is 2.00 bits per heavy atom. The largest absolute Gasteiger partial charge is 0.573 e. The van der Waals surface area contributed by atoms with Gasteiger partial charge in [0, 0.05) is 6.54 Å². The van der Waals surface area contributed by atoms with Gasteiger partial charge in [0.05, 0.1) is 19.2 Å². The number of amides is 1. The van der Waals surface area contributed by atoms with Gasteiger partial charge < -0.3 is 25.8 Å².